The number of halogens is 4. The van der Waals surface area contributed by atoms with Gasteiger partial charge in [-0.25, -0.2) is 0 Å². The van der Waals surface area contributed by atoms with E-state index in [1.807, 2.05) is 0 Å². The molecular formula is C17H10ClF3N2O3S. The van der Waals surface area contributed by atoms with Gasteiger partial charge in [-0.3, -0.25) is 9.59 Å². The van der Waals surface area contributed by atoms with Crippen LogP contribution in [0.25, 0.3) is 10.2 Å². The van der Waals surface area contributed by atoms with Gasteiger partial charge < -0.3 is 9.67 Å². The maximum Gasteiger partial charge on any atom is 0.416 e. The fourth-order valence-electron chi connectivity index (χ4n) is 2.40. The highest BCUT2D eigenvalue weighted by molar-refractivity contribution is 7.16. The zero-order valence-electron chi connectivity index (χ0n) is 13.3. The number of aliphatic carboxylic acids is 1. The minimum Gasteiger partial charge on any atom is -0.480 e. The molecule has 0 fully saturated rings. The summed E-state index contributed by atoms with van der Waals surface area (Å²) in [5.41, 5.74) is -0.752. The molecule has 0 radical (unpaired) electrons. The van der Waals surface area contributed by atoms with E-state index in [1.165, 1.54) is 16.7 Å². The molecule has 1 aromatic heterocycles. The fourth-order valence-corrected chi connectivity index (χ4v) is 3.57. The van der Waals surface area contributed by atoms with Crippen LogP contribution in [0.2, 0.25) is 5.02 Å². The molecule has 0 saturated carbocycles. The summed E-state index contributed by atoms with van der Waals surface area (Å²) in [4.78, 5) is 27.4. The Hall–Kier alpha value is -2.65. The van der Waals surface area contributed by atoms with Gasteiger partial charge in [0.05, 0.1) is 15.8 Å². The number of hydrogen-bond donors (Lipinski definition) is 1. The molecule has 3 aromatic rings. The first-order valence-corrected chi connectivity index (χ1v) is 8.61. The summed E-state index contributed by atoms with van der Waals surface area (Å²) in [7, 11) is 0. The molecule has 0 aliphatic rings. The van der Waals surface area contributed by atoms with Crippen molar-refractivity contribution in [3.63, 3.8) is 0 Å². The quantitative estimate of drug-likeness (QED) is 0.698. The van der Waals surface area contributed by atoms with Crippen LogP contribution in [0.3, 0.4) is 0 Å². The second-order valence-electron chi connectivity index (χ2n) is 5.47. The summed E-state index contributed by atoms with van der Waals surface area (Å²) in [5.74, 6) is -2.07. The third-order valence-electron chi connectivity index (χ3n) is 3.57. The van der Waals surface area contributed by atoms with Crippen LogP contribution in [0.1, 0.15) is 15.9 Å². The van der Waals surface area contributed by atoms with Gasteiger partial charge in [0.2, 0.25) is 0 Å². The van der Waals surface area contributed by atoms with Crippen molar-refractivity contribution in [2.24, 2.45) is 4.99 Å². The van der Waals surface area contributed by atoms with Crippen LogP contribution < -0.4 is 4.80 Å². The summed E-state index contributed by atoms with van der Waals surface area (Å²) in [5, 5.41) is 9.49. The Bertz CT molecular complexity index is 1120. The lowest BCUT2D eigenvalue weighted by Gasteiger charge is -2.06. The Morgan fingerprint density at radius 2 is 1.93 bits per heavy atom. The molecule has 5 nitrogen and oxygen atoms in total. The lowest BCUT2D eigenvalue weighted by atomic mass is 10.1. The normalized spacial score (nSPS) is 12.5. The Balaban J connectivity index is 2.12. The molecule has 0 aliphatic carbocycles. The van der Waals surface area contributed by atoms with E-state index in [4.69, 9.17) is 16.7 Å². The smallest absolute Gasteiger partial charge is 0.416 e. The minimum atomic E-state index is -4.59. The first-order chi connectivity index (χ1) is 12.6. The van der Waals surface area contributed by atoms with E-state index in [0.29, 0.717) is 21.3 Å². The first kappa shape index (κ1) is 19.1. The highest BCUT2D eigenvalue weighted by atomic mass is 35.5. The van der Waals surface area contributed by atoms with Crippen LogP contribution in [0.5, 0.6) is 0 Å². The Kier molecular flexibility index (Phi) is 5.07. The van der Waals surface area contributed by atoms with E-state index in [-0.39, 0.29) is 10.4 Å². The number of carbonyl (C=O) groups is 2. The van der Waals surface area contributed by atoms with Crippen molar-refractivity contribution < 1.29 is 27.9 Å². The maximum absolute atomic E-state index is 12.8. The maximum atomic E-state index is 12.8. The van der Waals surface area contributed by atoms with Crippen molar-refractivity contribution in [1.29, 1.82) is 0 Å². The molecule has 0 unspecified atom stereocenters. The van der Waals surface area contributed by atoms with Crippen LogP contribution in [0, 0.1) is 0 Å². The summed E-state index contributed by atoms with van der Waals surface area (Å²) in [6, 6.07) is 8.66. The van der Waals surface area contributed by atoms with Gasteiger partial charge in [-0.15, -0.1) is 0 Å². The van der Waals surface area contributed by atoms with Crippen LogP contribution in [-0.2, 0) is 17.5 Å². The van der Waals surface area contributed by atoms with Crippen LogP contribution >= 0.6 is 22.9 Å². The molecule has 0 bridgehead atoms. The molecule has 1 N–H and O–H groups in total. The van der Waals surface area contributed by atoms with Gasteiger partial charge in [0.1, 0.15) is 6.54 Å². The SMILES string of the molecule is O=C(O)Cn1c(=NC(=O)c2cccc(C(F)(F)F)c2)sc2ccc(Cl)cc21. The van der Waals surface area contributed by atoms with Gasteiger partial charge >= 0.3 is 12.1 Å². The standard InChI is InChI=1S/C17H10ClF3N2O3S/c18-11-4-5-13-12(7-11)23(8-14(24)25)16(27-13)22-15(26)9-2-1-3-10(6-9)17(19,20)21/h1-7H,8H2,(H,24,25). The number of carbonyl (C=O) groups excluding carboxylic acids is 1. The third-order valence-corrected chi connectivity index (χ3v) is 4.87. The number of hydrogen-bond acceptors (Lipinski definition) is 3. The summed E-state index contributed by atoms with van der Waals surface area (Å²) >= 11 is 6.98. The molecule has 27 heavy (non-hydrogen) atoms. The molecule has 1 amide bonds. The van der Waals surface area contributed by atoms with E-state index < -0.39 is 30.2 Å². The lowest BCUT2D eigenvalue weighted by molar-refractivity contribution is -0.138. The van der Waals surface area contributed by atoms with Crippen LogP contribution in [-0.4, -0.2) is 21.6 Å². The average molecular weight is 415 g/mol. The number of fused-ring (bicyclic) bond motifs is 1. The number of aromatic nitrogens is 1. The summed E-state index contributed by atoms with van der Waals surface area (Å²) in [6.07, 6.45) is -4.59. The predicted molar refractivity (Wildman–Crippen MR) is 93.8 cm³/mol. The van der Waals surface area contributed by atoms with Crippen molar-refractivity contribution >= 4 is 45.0 Å². The second kappa shape index (κ2) is 7.16. The predicted octanol–water partition coefficient (Wildman–Crippen LogP) is 4.20. The molecule has 0 aliphatic heterocycles. The van der Waals surface area contributed by atoms with Crippen LogP contribution in [0.4, 0.5) is 13.2 Å². The van der Waals surface area contributed by atoms with E-state index in [9.17, 15) is 22.8 Å². The minimum absolute atomic E-state index is 0.0529. The third kappa shape index (κ3) is 4.20. The highest BCUT2D eigenvalue weighted by Crippen LogP contribution is 2.29. The molecule has 0 spiro atoms. The Morgan fingerprint density at radius 3 is 2.59 bits per heavy atom. The molecule has 3 rings (SSSR count). The van der Waals surface area contributed by atoms with Gasteiger partial charge in [0, 0.05) is 10.6 Å². The van der Waals surface area contributed by atoms with Crippen molar-refractivity contribution in [2.75, 3.05) is 0 Å². The molecule has 0 saturated heterocycles. The number of benzene rings is 2. The van der Waals surface area contributed by atoms with Gasteiger partial charge in [-0.1, -0.05) is 29.0 Å². The Labute approximate surface area is 159 Å². The Morgan fingerprint density at radius 1 is 1.19 bits per heavy atom. The number of alkyl halides is 3. The van der Waals surface area contributed by atoms with E-state index in [2.05, 4.69) is 4.99 Å². The van der Waals surface area contributed by atoms with E-state index in [0.717, 1.165) is 23.5 Å². The van der Waals surface area contributed by atoms with Gasteiger partial charge in [0.15, 0.2) is 4.80 Å². The van der Waals surface area contributed by atoms with E-state index >= 15 is 0 Å². The number of amides is 1. The summed E-state index contributed by atoms with van der Waals surface area (Å²) in [6.45, 7) is -0.477. The monoisotopic (exact) mass is 414 g/mol. The van der Waals surface area contributed by atoms with Gasteiger partial charge in [-0.05, 0) is 36.4 Å². The molecule has 0 atom stereocenters. The second-order valence-corrected chi connectivity index (χ2v) is 6.92. The molecular weight excluding hydrogens is 405 g/mol. The fraction of sp³-hybridized carbons (Fsp3) is 0.118. The van der Waals surface area contributed by atoms with Crippen molar-refractivity contribution in [3.8, 4) is 0 Å². The number of carboxylic acid groups (broad SMARTS) is 1. The van der Waals surface area contributed by atoms with Crippen molar-refractivity contribution in [1.82, 2.24) is 4.57 Å². The molecule has 2 aromatic carbocycles. The van der Waals surface area contributed by atoms with Gasteiger partial charge in [-0.2, -0.15) is 18.2 Å². The number of nitrogens with zero attached hydrogens (tertiary/aromatic N) is 2. The topological polar surface area (TPSA) is 71.7 Å². The average Bonchev–Trinajstić information content (AvgIpc) is 2.90. The molecule has 140 valence electrons. The summed E-state index contributed by atoms with van der Waals surface area (Å²) < 4.78 is 40.4. The largest absolute Gasteiger partial charge is 0.480 e. The lowest BCUT2D eigenvalue weighted by Crippen LogP contribution is -2.21. The zero-order valence-corrected chi connectivity index (χ0v) is 14.9. The molecule has 10 heteroatoms. The number of thiazole rings is 1. The molecule has 1 heterocycles. The van der Waals surface area contributed by atoms with Crippen molar-refractivity contribution in [2.45, 2.75) is 12.7 Å². The van der Waals surface area contributed by atoms with Crippen molar-refractivity contribution in [3.05, 3.63) is 63.4 Å². The number of carboxylic acids is 1. The zero-order chi connectivity index (χ0) is 19.8. The van der Waals surface area contributed by atoms with Gasteiger partial charge in [0.25, 0.3) is 5.91 Å². The number of rotatable bonds is 3. The van der Waals surface area contributed by atoms with E-state index in [1.54, 1.807) is 12.1 Å². The first-order valence-electron chi connectivity index (χ1n) is 7.42. The highest BCUT2D eigenvalue weighted by Gasteiger charge is 2.30. The van der Waals surface area contributed by atoms with Crippen LogP contribution in [0.15, 0.2) is 47.5 Å².